The number of carbonyl (C=O) groups excluding carboxylic acids is 2. The van der Waals surface area contributed by atoms with Gasteiger partial charge in [0.05, 0.1) is 19.8 Å². The van der Waals surface area contributed by atoms with Crippen molar-refractivity contribution in [2.45, 2.75) is 26.0 Å². The van der Waals surface area contributed by atoms with Crippen LogP contribution in [0.2, 0.25) is 0 Å². The third-order valence-electron chi connectivity index (χ3n) is 5.04. The van der Waals surface area contributed by atoms with Crippen molar-refractivity contribution >= 4 is 17.5 Å². The van der Waals surface area contributed by atoms with Gasteiger partial charge in [0.1, 0.15) is 11.5 Å². The Bertz CT molecular complexity index is 835. The van der Waals surface area contributed by atoms with Crippen LogP contribution in [0.4, 0.5) is 5.69 Å². The molecule has 0 aromatic heterocycles. The average Bonchev–Trinajstić information content (AvgIpc) is 3.22. The molecular weight excluding hydrogens is 372 g/mol. The van der Waals surface area contributed by atoms with Crippen molar-refractivity contribution in [3.8, 4) is 11.5 Å². The lowest BCUT2D eigenvalue weighted by Crippen LogP contribution is -2.42. The predicted molar refractivity (Wildman–Crippen MR) is 109 cm³/mol. The highest BCUT2D eigenvalue weighted by atomic mass is 16.5. The van der Waals surface area contributed by atoms with Crippen molar-refractivity contribution in [1.82, 2.24) is 4.90 Å². The highest BCUT2D eigenvalue weighted by Crippen LogP contribution is 2.26. The van der Waals surface area contributed by atoms with Crippen LogP contribution in [-0.2, 0) is 16.2 Å². The van der Waals surface area contributed by atoms with Crippen molar-refractivity contribution in [2.75, 3.05) is 31.7 Å². The van der Waals surface area contributed by atoms with E-state index in [1.807, 2.05) is 24.3 Å². The quantitative estimate of drug-likeness (QED) is 0.774. The van der Waals surface area contributed by atoms with E-state index in [9.17, 15) is 9.59 Å². The van der Waals surface area contributed by atoms with Crippen molar-refractivity contribution in [3.63, 3.8) is 0 Å². The summed E-state index contributed by atoms with van der Waals surface area (Å²) in [7, 11) is 1.60. The second-order valence-electron chi connectivity index (χ2n) is 6.96. The molecule has 1 saturated heterocycles. The SMILES string of the molecule is COc1ccc(N(C(C)=O)C2CCN(C(=O)COc3ccc(CO)cc3)C2)cc1. The standard InChI is InChI=1S/C22H26N2O5/c1-16(26)24(18-5-9-20(28-2)10-6-18)19-11-12-23(13-19)22(27)15-29-21-7-3-17(14-25)4-8-21/h3-10,19,25H,11-15H2,1-2H3. The van der Waals surface area contributed by atoms with Crippen LogP contribution in [0.5, 0.6) is 11.5 Å². The van der Waals surface area contributed by atoms with Gasteiger partial charge in [-0.15, -0.1) is 0 Å². The lowest BCUT2D eigenvalue weighted by Gasteiger charge is -2.28. The molecule has 0 saturated carbocycles. The Kier molecular flexibility index (Phi) is 6.72. The summed E-state index contributed by atoms with van der Waals surface area (Å²) >= 11 is 0. The monoisotopic (exact) mass is 398 g/mol. The Morgan fingerprint density at radius 2 is 1.76 bits per heavy atom. The van der Waals surface area contributed by atoms with Crippen LogP contribution < -0.4 is 14.4 Å². The van der Waals surface area contributed by atoms with E-state index in [0.717, 1.165) is 17.0 Å². The number of aliphatic hydroxyl groups is 1. The number of carbonyl (C=O) groups is 2. The van der Waals surface area contributed by atoms with E-state index in [0.29, 0.717) is 25.3 Å². The third kappa shape index (κ3) is 5.06. The zero-order valence-corrected chi connectivity index (χ0v) is 16.7. The molecule has 1 fully saturated rings. The van der Waals surface area contributed by atoms with Gasteiger partial charge in [0.25, 0.3) is 5.91 Å². The van der Waals surface area contributed by atoms with Crippen LogP contribution in [0.15, 0.2) is 48.5 Å². The van der Waals surface area contributed by atoms with Gasteiger partial charge in [-0.05, 0) is 48.4 Å². The minimum atomic E-state index is -0.114. The number of nitrogens with zero attached hydrogens (tertiary/aromatic N) is 2. The molecule has 0 bridgehead atoms. The molecule has 1 N–H and O–H groups in total. The summed E-state index contributed by atoms with van der Waals surface area (Å²) in [6.07, 6.45) is 0.711. The Morgan fingerprint density at radius 3 is 2.34 bits per heavy atom. The summed E-state index contributed by atoms with van der Waals surface area (Å²) in [4.78, 5) is 28.3. The van der Waals surface area contributed by atoms with Gasteiger partial charge >= 0.3 is 0 Å². The summed E-state index contributed by atoms with van der Waals surface area (Å²) < 4.78 is 10.7. The number of benzene rings is 2. The molecule has 1 unspecified atom stereocenters. The average molecular weight is 398 g/mol. The molecule has 1 aliphatic heterocycles. The van der Waals surface area contributed by atoms with Crippen molar-refractivity contribution in [1.29, 1.82) is 0 Å². The zero-order valence-electron chi connectivity index (χ0n) is 16.7. The first-order chi connectivity index (χ1) is 14.0. The lowest BCUT2D eigenvalue weighted by molar-refractivity contribution is -0.132. The highest BCUT2D eigenvalue weighted by Gasteiger charge is 2.32. The van der Waals surface area contributed by atoms with E-state index in [2.05, 4.69) is 0 Å². The molecule has 0 radical (unpaired) electrons. The third-order valence-corrected chi connectivity index (χ3v) is 5.04. The summed E-state index contributed by atoms with van der Waals surface area (Å²) in [6.45, 7) is 2.49. The number of methoxy groups -OCH3 is 1. The van der Waals surface area contributed by atoms with E-state index in [4.69, 9.17) is 14.6 Å². The Balaban J connectivity index is 1.59. The molecule has 0 aliphatic carbocycles. The van der Waals surface area contributed by atoms with E-state index in [1.165, 1.54) is 6.92 Å². The van der Waals surface area contributed by atoms with Crippen molar-refractivity contribution in [2.24, 2.45) is 0 Å². The van der Waals surface area contributed by atoms with E-state index >= 15 is 0 Å². The molecule has 3 rings (SSSR count). The first-order valence-electron chi connectivity index (χ1n) is 9.56. The van der Waals surface area contributed by atoms with Gasteiger partial charge in [-0.2, -0.15) is 0 Å². The minimum absolute atomic E-state index is 0.0325. The fraction of sp³-hybridized carbons (Fsp3) is 0.364. The van der Waals surface area contributed by atoms with Crippen LogP contribution in [0.25, 0.3) is 0 Å². The van der Waals surface area contributed by atoms with Crippen LogP contribution in [-0.4, -0.2) is 54.7 Å². The maximum Gasteiger partial charge on any atom is 0.260 e. The normalized spacial score (nSPS) is 15.8. The Labute approximate surface area is 170 Å². The number of anilines is 1. The van der Waals surface area contributed by atoms with E-state index in [-0.39, 0.29) is 31.1 Å². The first kappa shape index (κ1) is 20.7. The fourth-order valence-corrected chi connectivity index (χ4v) is 3.50. The fourth-order valence-electron chi connectivity index (χ4n) is 3.50. The molecule has 1 atom stereocenters. The van der Waals surface area contributed by atoms with Crippen LogP contribution in [0, 0.1) is 0 Å². The van der Waals surface area contributed by atoms with Gasteiger partial charge in [-0.1, -0.05) is 12.1 Å². The molecular formula is C22H26N2O5. The number of likely N-dealkylation sites (tertiary alicyclic amines) is 1. The molecule has 7 nitrogen and oxygen atoms in total. The molecule has 154 valence electrons. The predicted octanol–water partition coefficient (Wildman–Crippen LogP) is 2.22. The Hall–Kier alpha value is -3.06. The van der Waals surface area contributed by atoms with Crippen LogP contribution in [0.3, 0.4) is 0 Å². The van der Waals surface area contributed by atoms with Gasteiger partial charge in [-0.25, -0.2) is 0 Å². The highest BCUT2D eigenvalue weighted by molar-refractivity contribution is 5.92. The number of aliphatic hydroxyl groups excluding tert-OH is 1. The number of rotatable bonds is 7. The largest absolute Gasteiger partial charge is 0.497 e. The molecule has 2 amide bonds. The minimum Gasteiger partial charge on any atom is -0.497 e. The Morgan fingerprint density at radius 1 is 1.10 bits per heavy atom. The second-order valence-corrected chi connectivity index (χ2v) is 6.96. The van der Waals surface area contributed by atoms with E-state index in [1.54, 1.807) is 41.2 Å². The van der Waals surface area contributed by atoms with Gasteiger partial charge < -0.3 is 24.4 Å². The molecule has 2 aromatic carbocycles. The van der Waals surface area contributed by atoms with Gasteiger partial charge in [-0.3, -0.25) is 9.59 Å². The van der Waals surface area contributed by atoms with Gasteiger partial charge in [0, 0.05) is 25.7 Å². The molecule has 2 aromatic rings. The summed E-state index contributed by atoms with van der Waals surface area (Å²) in [5, 5.41) is 9.07. The second kappa shape index (κ2) is 9.43. The number of amides is 2. The summed E-state index contributed by atoms with van der Waals surface area (Å²) in [5.74, 6) is 1.13. The molecule has 0 spiro atoms. The van der Waals surface area contributed by atoms with Gasteiger partial charge in [0.15, 0.2) is 6.61 Å². The van der Waals surface area contributed by atoms with Crippen molar-refractivity contribution < 1.29 is 24.2 Å². The summed E-state index contributed by atoms with van der Waals surface area (Å²) in [6, 6.07) is 14.2. The number of ether oxygens (including phenoxy) is 2. The van der Waals surface area contributed by atoms with Crippen LogP contribution >= 0.6 is 0 Å². The number of hydrogen-bond acceptors (Lipinski definition) is 5. The summed E-state index contributed by atoms with van der Waals surface area (Å²) in [5.41, 5.74) is 1.58. The van der Waals surface area contributed by atoms with E-state index < -0.39 is 0 Å². The lowest BCUT2D eigenvalue weighted by atomic mass is 10.1. The van der Waals surface area contributed by atoms with Gasteiger partial charge in [0.2, 0.25) is 5.91 Å². The molecule has 29 heavy (non-hydrogen) atoms. The molecule has 1 aliphatic rings. The first-order valence-corrected chi connectivity index (χ1v) is 9.56. The smallest absolute Gasteiger partial charge is 0.260 e. The maximum atomic E-state index is 12.5. The topological polar surface area (TPSA) is 79.3 Å². The van der Waals surface area contributed by atoms with Crippen molar-refractivity contribution in [3.05, 3.63) is 54.1 Å². The zero-order chi connectivity index (χ0) is 20.8. The number of hydrogen-bond donors (Lipinski definition) is 1. The molecule has 7 heteroatoms. The maximum absolute atomic E-state index is 12.5. The molecule has 1 heterocycles. The van der Waals surface area contributed by atoms with Crippen LogP contribution in [0.1, 0.15) is 18.9 Å².